The van der Waals surface area contributed by atoms with E-state index in [1.165, 1.54) is 11.3 Å². The van der Waals surface area contributed by atoms with E-state index in [2.05, 4.69) is 27.9 Å². The van der Waals surface area contributed by atoms with E-state index in [-0.39, 0.29) is 11.8 Å². The fraction of sp³-hybridized carbons (Fsp3) is 0.316. The van der Waals surface area contributed by atoms with E-state index < -0.39 is 6.04 Å². The Morgan fingerprint density at radius 3 is 2.69 bits per heavy atom. The average Bonchev–Trinajstić information content (AvgIpc) is 3.18. The lowest BCUT2D eigenvalue weighted by molar-refractivity contribution is -0.122. The van der Waals surface area contributed by atoms with Gasteiger partial charge in [-0.1, -0.05) is 30.3 Å². The van der Waals surface area contributed by atoms with Crippen LogP contribution >= 0.6 is 11.3 Å². The van der Waals surface area contributed by atoms with Crippen molar-refractivity contribution < 1.29 is 9.59 Å². The van der Waals surface area contributed by atoms with Gasteiger partial charge in [0, 0.05) is 11.9 Å². The van der Waals surface area contributed by atoms with Gasteiger partial charge in [0.1, 0.15) is 10.9 Å². The molecule has 136 valence electrons. The molecule has 0 unspecified atom stereocenters. The molecule has 0 aliphatic carbocycles. The van der Waals surface area contributed by atoms with Gasteiger partial charge in [0.15, 0.2) is 0 Å². The van der Waals surface area contributed by atoms with E-state index in [1.54, 1.807) is 6.92 Å². The molecule has 0 fully saturated rings. The summed E-state index contributed by atoms with van der Waals surface area (Å²) in [5.74, 6) is -0.427. The lowest BCUT2D eigenvalue weighted by atomic mass is 10.2. The van der Waals surface area contributed by atoms with E-state index in [9.17, 15) is 9.59 Å². The van der Waals surface area contributed by atoms with Crippen molar-refractivity contribution in [3.63, 3.8) is 0 Å². The average molecular weight is 370 g/mol. The van der Waals surface area contributed by atoms with Crippen molar-refractivity contribution in [3.8, 4) is 0 Å². The largest absolute Gasteiger partial charge is 0.355 e. The minimum Gasteiger partial charge on any atom is -0.355 e. The summed E-state index contributed by atoms with van der Waals surface area (Å²) in [4.78, 5) is 25.9. The van der Waals surface area contributed by atoms with Crippen LogP contribution in [0.2, 0.25) is 0 Å². The predicted octanol–water partition coefficient (Wildman–Crippen LogP) is 2.71. The molecule has 2 N–H and O–H groups in total. The fourth-order valence-electron chi connectivity index (χ4n) is 2.75. The van der Waals surface area contributed by atoms with Gasteiger partial charge in [-0.15, -0.1) is 11.3 Å². The van der Waals surface area contributed by atoms with Gasteiger partial charge in [-0.3, -0.25) is 14.3 Å². The Labute approximate surface area is 156 Å². The number of rotatable bonds is 6. The molecular formula is C19H22N4O2S. The molecule has 0 aliphatic heterocycles. The summed E-state index contributed by atoms with van der Waals surface area (Å²) >= 11 is 1.40. The first-order chi connectivity index (χ1) is 12.5. The van der Waals surface area contributed by atoms with Crippen LogP contribution in [-0.4, -0.2) is 34.2 Å². The second-order valence-electron chi connectivity index (χ2n) is 6.15. The molecule has 1 aromatic carbocycles. The zero-order valence-corrected chi connectivity index (χ0v) is 15.9. The van der Waals surface area contributed by atoms with Crippen LogP contribution in [0.3, 0.4) is 0 Å². The van der Waals surface area contributed by atoms with Gasteiger partial charge in [-0.2, -0.15) is 5.10 Å². The number of aryl methyl sites for hydroxylation is 1. The summed E-state index contributed by atoms with van der Waals surface area (Å²) in [7, 11) is 0. The molecule has 0 radical (unpaired) electrons. The second-order valence-corrected chi connectivity index (χ2v) is 7.18. The Bertz CT molecular complexity index is 930. The highest BCUT2D eigenvalue weighted by atomic mass is 32.1. The van der Waals surface area contributed by atoms with Gasteiger partial charge in [0.25, 0.3) is 5.91 Å². The molecule has 0 bridgehead atoms. The van der Waals surface area contributed by atoms with Gasteiger partial charge in [-0.05, 0) is 32.4 Å². The maximum Gasteiger partial charge on any atom is 0.262 e. The number of likely N-dealkylation sites (N-methyl/N-ethyl adjacent to an activating group) is 1. The molecular weight excluding hydrogens is 348 g/mol. The summed E-state index contributed by atoms with van der Waals surface area (Å²) in [5.41, 5.74) is 2.05. The predicted molar refractivity (Wildman–Crippen MR) is 104 cm³/mol. The van der Waals surface area contributed by atoms with Gasteiger partial charge in [0.05, 0.1) is 17.1 Å². The van der Waals surface area contributed by atoms with Crippen molar-refractivity contribution in [2.45, 2.75) is 33.4 Å². The van der Waals surface area contributed by atoms with Crippen LogP contribution in [0.1, 0.15) is 34.8 Å². The van der Waals surface area contributed by atoms with Crippen LogP contribution in [-0.2, 0) is 11.3 Å². The highest BCUT2D eigenvalue weighted by molar-refractivity contribution is 7.20. The number of hydrogen-bond acceptors (Lipinski definition) is 4. The van der Waals surface area contributed by atoms with Gasteiger partial charge in [0.2, 0.25) is 5.91 Å². The summed E-state index contributed by atoms with van der Waals surface area (Å²) in [6.45, 7) is 6.66. The highest BCUT2D eigenvalue weighted by Crippen LogP contribution is 2.28. The first-order valence-corrected chi connectivity index (χ1v) is 9.40. The minimum atomic E-state index is -0.574. The molecule has 7 heteroatoms. The maximum atomic E-state index is 12.5. The van der Waals surface area contributed by atoms with Gasteiger partial charge >= 0.3 is 0 Å². The number of nitrogens with one attached hydrogen (secondary N) is 2. The molecule has 26 heavy (non-hydrogen) atoms. The van der Waals surface area contributed by atoms with Crippen LogP contribution in [0, 0.1) is 6.92 Å². The number of aromatic nitrogens is 2. The van der Waals surface area contributed by atoms with Crippen molar-refractivity contribution in [2.75, 3.05) is 6.54 Å². The Hall–Kier alpha value is -2.67. The summed E-state index contributed by atoms with van der Waals surface area (Å²) < 4.78 is 1.93. The summed E-state index contributed by atoms with van der Waals surface area (Å²) in [6.07, 6.45) is 0. The Morgan fingerprint density at radius 1 is 1.27 bits per heavy atom. The van der Waals surface area contributed by atoms with Crippen molar-refractivity contribution in [3.05, 3.63) is 52.5 Å². The lowest BCUT2D eigenvalue weighted by Gasteiger charge is -2.12. The van der Waals surface area contributed by atoms with Gasteiger partial charge in [-0.25, -0.2) is 0 Å². The van der Waals surface area contributed by atoms with Crippen LogP contribution in [0.25, 0.3) is 10.2 Å². The summed E-state index contributed by atoms with van der Waals surface area (Å²) in [5, 5.41) is 11.0. The summed E-state index contributed by atoms with van der Waals surface area (Å²) in [6, 6.07) is 11.4. The van der Waals surface area contributed by atoms with Crippen LogP contribution < -0.4 is 10.6 Å². The number of benzene rings is 1. The number of carbonyl (C=O) groups excluding carboxylic acids is 2. The Morgan fingerprint density at radius 2 is 2.00 bits per heavy atom. The smallest absolute Gasteiger partial charge is 0.262 e. The van der Waals surface area contributed by atoms with Crippen molar-refractivity contribution >= 4 is 33.4 Å². The third kappa shape index (κ3) is 3.77. The topological polar surface area (TPSA) is 76.0 Å². The fourth-order valence-corrected chi connectivity index (χ4v) is 3.81. The maximum absolute atomic E-state index is 12.5. The van der Waals surface area contributed by atoms with E-state index in [0.717, 1.165) is 21.5 Å². The number of thiophene rings is 1. The molecule has 0 spiro atoms. The molecule has 2 amide bonds. The first-order valence-electron chi connectivity index (χ1n) is 8.59. The van der Waals surface area contributed by atoms with E-state index in [0.29, 0.717) is 18.0 Å². The zero-order chi connectivity index (χ0) is 18.7. The minimum absolute atomic E-state index is 0.187. The Balaban J connectivity index is 1.82. The SMILES string of the molecule is CCNC(=O)[C@H](C)NC(=O)c1cc2c(C)nn(Cc3ccccc3)c2s1. The Kier molecular flexibility index (Phi) is 5.37. The molecule has 3 rings (SSSR count). The van der Waals surface area contributed by atoms with Crippen LogP contribution in [0.15, 0.2) is 36.4 Å². The second kappa shape index (κ2) is 7.70. The lowest BCUT2D eigenvalue weighted by Crippen LogP contribution is -2.44. The molecule has 0 aliphatic rings. The number of nitrogens with zero attached hydrogens (tertiary/aromatic N) is 2. The third-order valence-corrected chi connectivity index (χ3v) is 5.25. The standard InChI is InChI=1S/C19H22N4O2S/c1-4-20-17(24)13(3)21-18(25)16-10-15-12(2)22-23(19(15)26-16)11-14-8-6-5-7-9-14/h5-10,13H,4,11H2,1-3H3,(H,20,24)(H,21,25)/t13-/m0/s1. The number of fused-ring (bicyclic) bond motifs is 1. The molecule has 2 heterocycles. The van der Waals surface area contributed by atoms with E-state index >= 15 is 0 Å². The van der Waals surface area contributed by atoms with E-state index in [4.69, 9.17) is 0 Å². The number of amides is 2. The molecule has 3 aromatic rings. The van der Waals surface area contributed by atoms with Gasteiger partial charge < -0.3 is 10.6 Å². The van der Waals surface area contributed by atoms with Crippen LogP contribution in [0.5, 0.6) is 0 Å². The van der Waals surface area contributed by atoms with Crippen molar-refractivity contribution in [1.29, 1.82) is 0 Å². The first kappa shape index (κ1) is 18.1. The van der Waals surface area contributed by atoms with Crippen molar-refractivity contribution in [2.24, 2.45) is 0 Å². The van der Waals surface area contributed by atoms with Crippen LogP contribution in [0.4, 0.5) is 0 Å². The number of carbonyl (C=O) groups is 2. The normalized spacial score (nSPS) is 12.1. The monoisotopic (exact) mass is 370 g/mol. The molecule has 1 atom stereocenters. The third-order valence-electron chi connectivity index (χ3n) is 4.10. The van der Waals surface area contributed by atoms with Crippen molar-refractivity contribution in [1.82, 2.24) is 20.4 Å². The number of hydrogen-bond donors (Lipinski definition) is 2. The highest BCUT2D eigenvalue weighted by Gasteiger charge is 2.20. The zero-order valence-electron chi connectivity index (χ0n) is 15.1. The molecule has 0 saturated carbocycles. The quantitative estimate of drug-likeness (QED) is 0.700. The van der Waals surface area contributed by atoms with E-state index in [1.807, 2.05) is 42.8 Å². The molecule has 2 aromatic heterocycles. The molecule has 0 saturated heterocycles. The molecule has 6 nitrogen and oxygen atoms in total.